The number of hydrogen-bond acceptors (Lipinski definition) is 2. The average molecular weight is 283 g/mol. The summed E-state index contributed by atoms with van der Waals surface area (Å²) in [5.74, 6) is 0.118. The van der Waals surface area contributed by atoms with Crippen molar-refractivity contribution in [3.05, 3.63) is 27.7 Å². The van der Waals surface area contributed by atoms with Gasteiger partial charge in [-0.3, -0.25) is 4.79 Å². The van der Waals surface area contributed by atoms with Gasteiger partial charge in [-0.15, -0.1) is 0 Å². The molecule has 0 unspecified atom stereocenters. The molecule has 4 heteroatoms. The lowest BCUT2D eigenvalue weighted by atomic mass is 10.0. The van der Waals surface area contributed by atoms with Crippen LogP contribution in [-0.4, -0.2) is 17.4 Å². The molecule has 0 atom stereocenters. The summed E-state index contributed by atoms with van der Waals surface area (Å²) in [6, 6.07) is 4.08. The van der Waals surface area contributed by atoms with E-state index in [9.17, 15) is 4.79 Å². The highest BCUT2D eigenvalue weighted by Crippen LogP contribution is 2.30. The molecule has 2 rings (SSSR count). The molecule has 0 saturated heterocycles. The zero-order valence-corrected chi connectivity index (χ0v) is 10.9. The molecule has 16 heavy (non-hydrogen) atoms. The van der Waals surface area contributed by atoms with Crippen molar-refractivity contribution in [3.8, 4) is 0 Å². The van der Waals surface area contributed by atoms with Crippen molar-refractivity contribution in [2.75, 3.05) is 12.3 Å². The highest BCUT2D eigenvalue weighted by molar-refractivity contribution is 9.10. The molecule has 0 aromatic heterocycles. The maximum absolute atomic E-state index is 11.4. The number of hydrogen-bond donors (Lipinski definition) is 1. The number of benzene rings is 1. The van der Waals surface area contributed by atoms with Crippen molar-refractivity contribution in [1.29, 1.82) is 0 Å². The number of nitrogens with zero attached hydrogens (tertiary/aromatic N) is 1. The number of fused-ring (bicyclic) bond motifs is 1. The second-order valence-electron chi connectivity index (χ2n) is 4.14. The van der Waals surface area contributed by atoms with E-state index in [4.69, 9.17) is 5.73 Å². The standard InChI is InChI=1S/C12H15BrN2O/c1-8(16)15-6-2-3-9-4-5-11(13)12(14)10(9)7-15/h4-5H,2-3,6-7,14H2,1H3. The van der Waals surface area contributed by atoms with Gasteiger partial charge in [-0.1, -0.05) is 6.07 Å². The molecule has 0 radical (unpaired) electrons. The highest BCUT2D eigenvalue weighted by Gasteiger charge is 2.18. The van der Waals surface area contributed by atoms with Gasteiger partial charge in [-0.25, -0.2) is 0 Å². The summed E-state index contributed by atoms with van der Waals surface area (Å²) in [5, 5.41) is 0. The van der Waals surface area contributed by atoms with Crippen LogP contribution in [0, 0.1) is 0 Å². The molecule has 1 heterocycles. The van der Waals surface area contributed by atoms with Crippen LogP contribution in [-0.2, 0) is 17.8 Å². The SMILES string of the molecule is CC(=O)N1CCCc2ccc(Br)c(N)c2C1. The van der Waals surface area contributed by atoms with Crippen LogP contribution in [0.3, 0.4) is 0 Å². The van der Waals surface area contributed by atoms with Crippen molar-refractivity contribution in [1.82, 2.24) is 4.90 Å². The minimum absolute atomic E-state index is 0.118. The number of anilines is 1. The molecule has 1 aromatic carbocycles. The Morgan fingerprint density at radius 2 is 2.25 bits per heavy atom. The molecule has 1 aliphatic rings. The second-order valence-corrected chi connectivity index (χ2v) is 5.00. The van der Waals surface area contributed by atoms with Crippen LogP contribution in [0.1, 0.15) is 24.5 Å². The smallest absolute Gasteiger partial charge is 0.219 e. The van der Waals surface area contributed by atoms with Crippen LogP contribution in [0.4, 0.5) is 5.69 Å². The van der Waals surface area contributed by atoms with Crippen LogP contribution < -0.4 is 5.73 Å². The van der Waals surface area contributed by atoms with Gasteiger partial charge in [0.2, 0.25) is 5.91 Å². The summed E-state index contributed by atoms with van der Waals surface area (Å²) in [6.07, 6.45) is 2.00. The maximum atomic E-state index is 11.4. The lowest BCUT2D eigenvalue weighted by Crippen LogP contribution is -2.28. The zero-order valence-electron chi connectivity index (χ0n) is 9.29. The number of carbonyl (C=O) groups is 1. The van der Waals surface area contributed by atoms with E-state index in [2.05, 4.69) is 22.0 Å². The van der Waals surface area contributed by atoms with Gasteiger partial charge in [0.25, 0.3) is 0 Å². The van der Waals surface area contributed by atoms with Gasteiger partial charge < -0.3 is 10.6 Å². The molecule has 2 N–H and O–H groups in total. The maximum Gasteiger partial charge on any atom is 0.219 e. The molecule has 3 nitrogen and oxygen atoms in total. The number of rotatable bonds is 0. The van der Waals surface area contributed by atoms with Crippen LogP contribution in [0.2, 0.25) is 0 Å². The molecular formula is C12H15BrN2O. The zero-order chi connectivity index (χ0) is 11.7. The molecule has 0 bridgehead atoms. The number of halogens is 1. The lowest BCUT2D eigenvalue weighted by molar-refractivity contribution is -0.129. The van der Waals surface area contributed by atoms with E-state index in [1.165, 1.54) is 5.56 Å². The van der Waals surface area contributed by atoms with Crippen molar-refractivity contribution in [2.24, 2.45) is 0 Å². The molecule has 1 aliphatic heterocycles. The minimum atomic E-state index is 0.118. The number of nitrogens with two attached hydrogens (primary N) is 1. The largest absolute Gasteiger partial charge is 0.398 e. The van der Waals surface area contributed by atoms with E-state index in [-0.39, 0.29) is 5.91 Å². The Kier molecular flexibility index (Phi) is 3.19. The second kappa shape index (κ2) is 4.45. The predicted molar refractivity (Wildman–Crippen MR) is 68.0 cm³/mol. The Morgan fingerprint density at radius 3 is 2.94 bits per heavy atom. The Hall–Kier alpha value is -1.03. The van der Waals surface area contributed by atoms with Crippen molar-refractivity contribution in [3.63, 3.8) is 0 Å². The van der Waals surface area contributed by atoms with E-state index < -0.39 is 0 Å². The quantitative estimate of drug-likeness (QED) is 0.743. The molecule has 1 amide bonds. The normalized spacial score (nSPS) is 15.5. The van der Waals surface area contributed by atoms with Crippen molar-refractivity contribution < 1.29 is 4.79 Å². The molecule has 0 fully saturated rings. The van der Waals surface area contributed by atoms with Gasteiger partial charge >= 0.3 is 0 Å². The summed E-state index contributed by atoms with van der Waals surface area (Å²) >= 11 is 3.43. The van der Waals surface area contributed by atoms with Crippen molar-refractivity contribution in [2.45, 2.75) is 26.3 Å². The van der Waals surface area contributed by atoms with Gasteiger partial charge in [-0.2, -0.15) is 0 Å². The Morgan fingerprint density at radius 1 is 1.50 bits per heavy atom. The van der Waals surface area contributed by atoms with E-state index in [0.29, 0.717) is 6.54 Å². The Balaban J connectivity index is 2.41. The Labute approximate surface area is 104 Å². The predicted octanol–water partition coefficient (Wildman–Crippen LogP) is 2.33. The van der Waals surface area contributed by atoms with Gasteiger partial charge in [0.1, 0.15) is 0 Å². The number of amides is 1. The fourth-order valence-electron chi connectivity index (χ4n) is 2.10. The van der Waals surface area contributed by atoms with E-state index in [1.807, 2.05) is 11.0 Å². The van der Waals surface area contributed by atoms with Gasteiger partial charge in [0, 0.05) is 24.5 Å². The average Bonchev–Trinajstić information content (AvgIpc) is 2.46. The highest BCUT2D eigenvalue weighted by atomic mass is 79.9. The first-order valence-electron chi connectivity index (χ1n) is 5.41. The minimum Gasteiger partial charge on any atom is -0.398 e. The van der Waals surface area contributed by atoms with Crippen LogP contribution in [0.5, 0.6) is 0 Å². The third-order valence-electron chi connectivity index (χ3n) is 3.07. The fraction of sp³-hybridized carbons (Fsp3) is 0.417. The van der Waals surface area contributed by atoms with E-state index in [1.54, 1.807) is 6.92 Å². The van der Waals surface area contributed by atoms with Gasteiger partial charge in [0.05, 0.1) is 5.69 Å². The molecule has 0 spiro atoms. The number of aryl methyl sites for hydroxylation is 1. The molecule has 0 saturated carbocycles. The summed E-state index contributed by atoms with van der Waals surface area (Å²) in [7, 11) is 0. The Bertz CT molecular complexity index is 431. The molecule has 1 aromatic rings. The van der Waals surface area contributed by atoms with Gasteiger partial charge in [-0.05, 0) is 46.0 Å². The fourth-order valence-corrected chi connectivity index (χ4v) is 2.47. The van der Waals surface area contributed by atoms with Crippen LogP contribution in [0.25, 0.3) is 0 Å². The summed E-state index contributed by atoms with van der Waals surface area (Å²) in [5.41, 5.74) is 9.19. The summed E-state index contributed by atoms with van der Waals surface area (Å²) in [6.45, 7) is 3.07. The number of nitrogen functional groups attached to an aromatic ring is 1. The first-order valence-corrected chi connectivity index (χ1v) is 6.20. The summed E-state index contributed by atoms with van der Waals surface area (Å²) < 4.78 is 0.914. The number of carbonyl (C=O) groups excluding carboxylic acids is 1. The topological polar surface area (TPSA) is 46.3 Å². The molecular weight excluding hydrogens is 268 g/mol. The first kappa shape index (κ1) is 11.5. The molecule has 0 aliphatic carbocycles. The lowest BCUT2D eigenvalue weighted by Gasteiger charge is -2.20. The first-order chi connectivity index (χ1) is 7.59. The van der Waals surface area contributed by atoms with E-state index >= 15 is 0 Å². The molecule has 86 valence electrons. The van der Waals surface area contributed by atoms with Gasteiger partial charge in [0.15, 0.2) is 0 Å². The third kappa shape index (κ3) is 2.07. The summed E-state index contributed by atoms with van der Waals surface area (Å²) in [4.78, 5) is 13.3. The van der Waals surface area contributed by atoms with Crippen LogP contribution in [0.15, 0.2) is 16.6 Å². The van der Waals surface area contributed by atoms with Crippen molar-refractivity contribution >= 4 is 27.5 Å². The monoisotopic (exact) mass is 282 g/mol. The van der Waals surface area contributed by atoms with E-state index in [0.717, 1.165) is 35.1 Å². The third-order valence-corrected chi connectivity index (χ3v) is 3.76. The van der Waals surface area contributed by atoms with Crippen LogP contribution >= 0.6 is 15.9 Å².